The molecule has 0 radical (unpaired) electrons. The maximum atomic E-state index is 11.9. The lowest BCUT2D eigenvalue weighted by molar-refractivity contribution is -0.120. The Morgan fingerprint density at radius 2 is 1.91 bits per heavy atom. The van der Waals surface area contributed by atoms with Crippen molar-refractivity contribution in [2.75, 3.05) is 6.54 Å². The predicted molar refractivity (Wildman–Crippen MR) is 86.6 cm³/mol. The third kappa shape index (κ3) is 4.71. The van der Waals surface area contributed by atoms with Gasteiger partial charge in [0.1, 0.15) is 5.76 Å². The van der Waals surface area contributed by atoms with Crippen LogP contribution < -0.4 is 10.6 Å². The average Bonchev–Trinajstić information content (AvgIpc) is 2.84. The number of oxazole rings is 1. The largest absolute Gasteiger partial charge is 0.444 e. The van der Waals surface area contributed by atoms with Crippen LogP contribution in [0.3, 0.4) is 0 Å². The molecule has 2 N–H and O–H groups in total. The summed E-state index contributed by atoms with van der Waals surface area (Å²) in [7, 11) is 0. The monoisotopic (exact) mass is 355 g/mol. The maximum Gasteiger partial charge on any atom is 0.251 e. The van der Waals surface area contributed by atoms with E-state index >= 15 is 0 Å². The Morgan fingerprint density at radius 1 is 1.17 bits per heavy atom. The summed E-state index contributed by atoms with van der Waals surface area (Å²) in [5.74, 6) is 0.361. The summed E-state index contributed by atoms with van der Waals surface area (Å²) in [5, 5.41) is 5.74. The fourth-order valence-corrected chi connectivity index (χ4v) is 2.05. The van der Waals surface area contributed by atoms with Crippen LogP contribution in [0.15, 0.2) is 22.6 Å². The van der Waals surface area contributed by atoms with Crippen LogP contribution in [0.1, 0.15) is 27.7 Å². The molecule has 0 aliphatic rings. The van der Waals surface area contributed by atoms with Gasteiger partial charge < -0.3 is 15.1 Å². The minimum Gasteiger partial charge on any atom is -0.444 e. The lowest BCUT2D eigenvalue weighted by atomic mass is 10.2. The highest BCUT2D eigenvalue weighted by Gasteiger charge is 2.11. The highest BCUT2D eigenvalue weighted by molar-refractivity contribution is 6.42. The molecule has 1 heterocycles. The van der Waals surface area contributed by atoms with Crippen molar-refractivity contribution >= 4 is 35.0 Å². The minimum absolute atomic E-state index is 0.163. The van der Waals surface area contributed by atoms with E-state index in [1.165, 1.54) is 18.2 Å². The van der Waals surface area contributed by atoms with Crippen molar-refractivity contribution < 1.29 is 14.0 Å². The zero-order chi connectivity index (χ0) is 17.0. The number of carbonyl (C=O) groups is 2. The highest BCUT2D eigenvalue weighted by atomic mass is 35.5. The number of amides is 2. The normalized spacial score (nSPS) is 10.4. The molecular formula is C15H15Cl2N3O3. The van der Waals surface area contributed by atoms with E-state index in [0.29, 0.717) is 22.2 Å². The van der Waals surface area contributed by atoms with Crippen molar-refractivity contribution in [3.63, 3.8) is 0 Å². The number of rotatable bonds is 5. The molecule has 0 fully saturated rings. The van der Waals surface area contributed by atoms with Gasteiger partial charge in [-0.25, -0.2) is 4.98 Å². The minimum atomic E-state index is -0.415. The van der Waals surface area contributed by atoms with Crippen molar-refractivity contribution in [1.82, 2.24) is 15.6 Å². The van der Waals surface area contributed by atoms with E-state index in [-0.39, 0.29) is 24.0 Å². The van der Waals surface area contributed by atoms with Gasteiger partial charge in [-0.05, 0) is 32.0 Å². The van der Waals surface area contributed by atoms with Crippen LogP contribution in [0.4, 0.5) is 0 Å². The fraction of sp³-hybridized carbons (Fsp3) is 0.267. The summed E-state index contributed by atoms with van der Waals surface area (Å²) in [5.41, 5.74) is 1.10. The fourth-order valence-electron chi connectivity index (χ4n) is 1.75. The molecule has 0 bridgehead atoms. The van der Waals surface area contributed by atoms with Crippen molar-refractivity contribution in [2.24, 2.45) is 0 Å². The summed E-state index contributed by atoms with van der Waals surface area (Å²) < 4.78 is 5.34. The van der Waals surface area contributed by atoms with Crippen LogP contribution in [0.5, 0.6) is 0 Å². The first-order valence-corrected chi connectivity index (χ1v) is 7.55. The van der Waals surface area contributed by atoms with Gasteiger partial charge in [-0.1, -0.05) is 23.2 Å². The molecule has 8 heteroatoms. The number of carbonyl (C=O) groups excluding carboxylic acids is 2. The van der Waals surface area contributed by atoms with Crippen LogP contribution in [-0.4, -0.2) is 23.3 Å². The van der Waals surface area contributed by atoms with Gasteiger partial charge >= 0.3 is 0 Å². The van der Waals surface area contributed by atoms with Gasteiger partial charge in [-0.15, -0.1) is 0 Å². The van der Waals surface area contributed by atoms with Crippen LogP contribution in [0.2, 0.25) is 10.0 Å². The molecule has 23 heavy (non-hydrogen) atoms. The smallest absolute Gasteiger partial charge is 0.251 e. The molecule has 122 valence electrons. The van der Waals surface area contributed by atoms with Crippen molar-refractivity contribution in [3.8, 4) is 0 Å². The third-order valence-corrected chi connectivity index (χ3v) is 3.84. The van der Waals surface area contributed by atoms with Gasteiger partial charge in [0, 0.05) is 5.56 Å². The molecule has 0 saturated carbocycles. The Bertz CT molecular complexity index is 724. The topological polar surface area (TPSA) is 84.2 Å². The Labute approximate surface area is 143 Å². The van der Waals surface area contributed by atoms with Gasteiger partial charge in [-0.2, -0.15) is 0 Å². The molecule has 1 aromatic carbocycles. The second kappa shape index (κ2) is 7.48. The molecule has 0 atom stereocenters. The van der Waals surface area contributed by atoms with Crippen LogP contribution in [-0.2, 0) is 11.3 Å². The van der Waals surface area contributed by atoms with E-state index in [1.54, 1.807) is 6.92 Å². The summed E-state index contributed by atoms with van der Waals surface area (Å²) in [6.07, 6.45) is 0. The number of hydrogen-bond acceptors (Lipinski definition) is 4. The standard InChI is InChI=1S/C15H15Cl2N3O3/c1-8-9(2)23-14(20-8)7-18-13(21)6-19-15(22)10-3-4-11(16)12(17)5-10/h3-5H,6-7H2,1-2H3,(H,18,21)(H,19,22). The number of halogens is 2. The molecule has 0 saturated heterocycles. The van der Waals surface area contributed by atoms with E-state index in [2.05, 4.69) is 15.6 Å². The molecule has 1 aromatic heterocycles. The molecule has 0 aliphatic carbocycles. The molecule has 6 nitrogen and oxygen atoms in total. The molecule has 2 aromatic rings. The number of benzene rings is 1. The molecule has 2 rings (SSSR count). The van der Waals surface area contributed by atoms with Gasteiger partial charge in [0.05, 0.1) is 28.8 Å². The second-order valence-electron chi connectivity index (χ2n) is 4.84. The van der Waals surface area contributed by atoms with Gasteiger partial charge in [-0.3, -0.25) is 9.59 Å². The van der Waals surface area contributed by atoms with Crippen LogP contribution in [0, 0.1) is 13.8 Å². The highest BCUT2D eigenvalue weighted by Crippen LogP contribution is 2.22. The number of aromatic nitrogens is 1. The number of hydrogen-bond donors (Lipinski definition) is 2. The van der Waals surface area contributed by atoms with Crippen LogP contribution in [0.25, 0.3) is 0 Å². The Balaban J connectivity index is 1.81. The zero-order valence-corrected chi connectivity index (χ0v) is 14.1. The van der Waals surface area contributed by atoms with Gasteiger partial charge in [0.2, 0.25) is 11.8 Å². The third-order valence-electron chi connectivity index (χ3n) is 3.10. The van der Waals surface area contributed by atoms with Gasteiger partial charge in [0.15, 0.2) is 0 Å². The molecule has 0 aliphatic heterocycles. The second-order valence-corrected chi connectivity index (χ2v) is 5.65. The molecule has 0 spiro atoms. The van der Waals surface area contributed by atoms with E-state index < -0.39 is 5.91 Å². The zero-order valence-electron chi connectivity index (χ0n) is 12.6. The molecular weight excluding hydrogens is 341 g/mol. The maximum absolute atomic E-state index is 11.9. The lowest BCUT2D eigenvalue weighted by Crippen LogP contribution is -2.36. The SMILES string of the molecule is Cc1nc(CNC(=O)CNC(=O)c2ccc(Cl)c(Cl)c2)oc1C. The van der Waals surface area contributed by atoms with E-state index in [9.17, 15) is 9.59 Å². The van der Waals surface area contributed by atoms with Crippen molar-refractivity contribution in [1.29, 1.82) is 0 Å². The quantitative estimate of drug-likeness (QED) is 0.863. The first-order chi connectivity index (χ1) is 10.9. The van der Waals surface area contributed by atoms with Crippen LogP contribution >= 0.6 is 23.2 Å². The lowest BCUT2D eigenvalue weighted by Gasteiger charge is -2.06. The number of nitrogens with one attached hydrogen (secondary N) is 2. The first-order valence-electron chi connectivity index (χ1n) is 6.79. The molecule has 2 amide bonds. The van der Waals surface area contributed by atoms with Crippen molar-refractivity contribution in [3.05, 3.63) is 51.2 Å². The summed E-state index contributed by atoms with van der Waals surface area (Å²) >= 11 is 11.6. The average molecular weight is 356 g/mol. The number of aryl methyl sites for hydroxylation is 2. The summed E-state index contributed by atoms with van der Waals surface area (Å²) in [6.45, 7) is 3.61. The summed E-state index contributed by atoms with van der Waals surface area (Å²) in [6, 6.07) is 4.49. The summed E-state index contributed by atoms with van der Waals surface area (Å²) in [4.78, 5) is 27.8. The Hall–Kier alpha value is -2.05. The number of nitrogens with zero attached hydrogens (tertiary/aromatic N) is 1. The van der Waals surface area contributed by atoms with E-state index in [4.69, 9.17) is 27.6 Å². The van der Waals surface area contributed by atoms with Gasteiger partial charge in [0.25, 0.3) is 5.91 Å². The predicted octanol–water partition coefficient (Wildman–Crippen LogP) is 2.64. The first kappa shape index (κ1) is 17.3. The van der Waals surface area contributed by atoms with E-state index in [1.807, 2.05) is 6.92 Å². The Kier molecular flexibility index (Phi) is 5.63. The van der Waals surface area contributed by atoms with Crippen molar-refractivity contribution in [2.45, 2.75) is 20.4 Å². The Morgan fingerprint density at radius 3 is 2.52 bits per heavy atom. The van der Waals surface area contributed by atoms with E-state index in [0.717, 1.165) is 5.69 Å². The molecule has 0 unspecified atom stereocenters.